The van der Waals surface area contributed by atoms with E-state index in [2.05, 4.69) is 16.0 Å². The van der Waals surface area contributed by atoms with Crippen molar-refractivity contribution < 1.29 is 29.0 Å². The topological polar surface area (TPSA) is 132 Å². The van der Waals surface area contributed by atoms with Crippen LogP contribution in [-0.2, 0) is 0 Å². The van der Waals surface area contributed by atoms with Crippen molar-refractivity contribution in [1.82, 2.24) is 15.1 Å². The first-order valence-electron chi connectivity index (χ1n) is 14.6. The number of ether oxygens (including phenoxy) is 2. The Hall–Kier alpha value is -3.99. The van der Waals surface area contributed by atoms with Crippen molar-refractivity contribution in [2.45, 2.75) is 64.1 Å². The summed E-state index contributed by atoms with van der Waals surface area (Å²) >= 11 is 0. The Morgan fingerprint density at radius 3 is 2.45 bits per heavy atom. The minimum absolute atomic E-state index is 0.148. The number of nitrogens with one attached hydrogen (secondary N) is 3. The van der Waals surface area contributed by atoms with Crippen LogP contribution in [0.4, 0.5) is 21.0 Å². The van der Waals surface area contributed by atoms with Crippen LogP contribution in [-0.4, -0.2) is 84.9 Å². The zero-order valence-corrected chi connectivity index (χ0v) is 24.9. The van der Waals surface area contributed by atoms with Gasteiger partial charge in [-0.15, -0.1) is 0 Å². The molecule has 0 unspecified atom stereocenters. The van der Waals surface area contributed by atoms with Crippen LogP contribution in [0.3, 0.4) is 0 Å². The molecule has 4 N–H and O–H groups in total. The molecule has 0 aromatic heterocycles. The van der Waals surface area contributed by atoms with Crippen molar-refractivity contribution in [3.8, 4) is 11.5 Å². The minimum Gasteiger partial charge on any atom is -0.497 e. The molecule has 0 saturated heterocycles. The van der Waals surface area contributed by atoms with Gasteiger partial charge in [-0.2, -0.15) is 0 Å². The van der Waals surface area contributed by atoms with Gasteiger partial charge >= 0.3 is 12.1 Å². The van der Waals surface area contributed by atoms with Crippen molar-refractivity contribution in [3.05, 3.63) is 48.0 Å². The summed E-state index contributed by atoms with van der Waals surface area (Å²) in [7, 11) is 3.27. The number of carbonyl (C=O) groups excluding carboxylic acids is 3. The summed E-state index contributed by atoms with van der Waals surface area (Å²) in [6, 6.07) is 11.1. The highest BCUT2D eigenvalue weighted by Crippen LogP contribution is 2.31. The average molecular weight is 582 g/mol. The van der Waals surface area contributed by atoms with Crippen LogP contribution in [0, 0.1) is 5.92 Å². The summed E-state index contributed by atoms with van der Waals surface area (Å²) < 4.78 is 11.6. The number of fused-ring (bicyclic) bond motifs is 1. The molecule has 42 heavy (non-hydrogen) atoms. The van der Waals surface area contributed by atoms with Crippen LogP contribution < -0.4 is 25.4 Å². The van der Waals surface area contributed by atoms with Crippen LogP contribution in [0.25, 0.3) is 0 Å². The van der Waals surface area contributed by atoms with Gasteiger partial charge in [0.15, 0.2) is 0 Å². The lowest BCUT2D eigenvalue weighted by Gasteiger charge is -2.38. The summed E-state index contributed by atoms with van der Waals surface area (Å²) in [5.74, 6) is 0.593. The van der Waals surface area contributed by atoms with Crippen LogP contribution in [0.5, 0.6) is 11.5 Å². The number of likely N-dealkylation sites (N-methyl/N-ethyl adjacent to an activating group) is 1. The highest BCUT2D eigenvalue weighted by atomic mass is 16.5. The van der Waals surface area contributed by atoms with E-state index in [0.29, 0.717) is 29.4 Å². The number of benzene rings is 2. The SMILES string of the molecule is COc1ccc(NC(=O)N(C)C[C@H]2Oc3ccc(NC(=O)NC4CCCCC4)cc3C(=O)N([C@@H](C)CO)C[C@H]2C)cc1. The summed E-state index contributed by atoms with van der Waals surface area (Å²) in [5, 5.41) is 18.7. The molecule has 1 aliphatic carbocycles. The van der Waals surface area contributed by atoms with Gasteiger partial charge in [0, 0.05) is 36.9 Å². The van der Waals surface area contributed by atoms with Gasteiger partial charge in [-0.1, -0.05) is 26.2 Å². The lowest BCUT2D eigenvalue weighted by molar-refractivity contribution is 0.0371. The Balaban J connectivity index is 1.51. The Labute approximate surface area is 247 Å². The lowest BCUT2D eigenvalue weighted by Crippen LogP contribution is -2.50. The molecule has 0 radical (unpaired) electrons. The van der Waals surface area contributed by atoms with E-state index in [4.69, 9.17) is 9.47 Å². The van der Waals surface area contributed by atoms with Gasteiger partial charge in [-0.25, -0.2) is 9.59 Å². The van der Waals surface area contributed by atoms with Crippen LogP contribution in [0.15, 0.2) is 42.5 Å². The van der Waals surface area contributed by atoms with E-state index in [9.17, 15) is 19.5 Å². The number of rotatable bonds is 8. The number of hydrogen-bond donors (Lipinski definition) is 4. The number of methoxy groups -OCH3 is 1. The fourth-order valence-corrected chi connectivity index (χ4v) is 5.36. The molecular formula is C31H43N5O6. The van der Waals surface area contributed by atoms with Crippen molar-refractivity contribution in [3.63, 3.8) is 0 Å². The van der Waals surface area contributed by atoms with Crippen LogP contribution in [0.1, 0.15) is 56.3 Å². The Bertz CT molecular complexity index is 1230. The van der Waals surface area contributed by atoms with Gasteiger partial charge in [0.1, 0.15) is 17.6 Å². The van der Waals surface area contributed by atoms with Gasteiger partial charge in [0.05, 0.1) is 31.9 Å². The smallest absolute Gasteiger partial charge is 0.321 e. The highest BCUT2D eigenvalue weighted by molar-refractivity contribution is 5.99. The third-order valence-corrected chi connectivity index (χ3v) is 8.00. The molecule has 228 valence electrons. The van der Waals surface area contributed by atoms with Crippen LogP contribution >= 0.6 is 0 Å². The predicted molar refractivity (Wildman–Crippen MR) is 161 cm³/mol. The highest BCUT2D eigenvalue weighted by Gasteiger charge is 2.34. The molecule has 1 aliphatic heterocycles. The number of aliphatic hydroxyl groups is 1. The Morgan fingerprint density at radius 1 is 1.10 bits per heavy atom. The molecule has 3 atom stereocenters. The van der Waals surface area contributed by atoms with Gasteiger partial charge in [-0.3, -0.25) is 4.79 Å². The van der Waals surface area contributed by atoms with Gasteiger partial charge in [0.2, 0.25) is 0 Å². The van der Waals surface area contributed by atoms with Crippen molar-refractivity contribution in [2.75, 3.05) is 44.5 Å². The second-order valence-corrected chi connectivity index (χ2v) is 11.3. The standard InChI is InChI=1S/C31H43N5O6/c1-20-17-36(21(2)19-37)29(38)26-16-24(33-30(39)32-22-8-6-5-7-9-22)12-15-27(26)42-28(20)18-35(3)31(40)34-23-10-13-25(41-4)14-11-23/h10-16,20-22,28,37H,5-9,17-19H2,1-4H3,(H,34,40)(H2,32,33,39)/t20-,21+,28-/m1/s1. The average Bonchev–Trinajstić information content (AvgIpc) is 2.99. The number of aliphatic hydroxyl groups excluding tert-OH is 1. The molecule has 5 amide bonds. The predicted octanol–water partition coefficient (Wildman–Crippen LogP) is 4.53. The monoisotopic (exact) mass is 581 g/mol. The maximum Gasteiger partial charge on any atom is 0.321 e. The summed E-state index contributed by atoms with van der Waals surface area (Å²) in [6.07, 6.45) is 4.87. The minimum atomic E-state index is -0.453. The first-order valence-corrected chi connectivity index (χ1v) is 14.6. The molecular weight excluding hydrogens is 538 g/mol. The first kappa shape index (κ1) is 31.0. The molecule has 2 aromatic carbocycles. The number of hydrogen-bond acceptors (Lipinski definition) is 6. The van der Waals surface area contributed by atoms with Crippen molar-refractivity contribution in [2.24, 2.45) is 5.92 Å². The number of nitrogens with zero attached hydrogens (tertiary/aromatic N) is 2. The number of anilines is 2. The number of amides is 5. The zero-order chi connectivity index (χ0) is 30.2. The number of urea groups is 2. The first-order chi connectivity index (χ1) is 20.2. The van der Waals surface area contributed by atoms with E-state index < -0.39 is 12.1 Å². The van der Waals surface area contributed by atoms with E-state index in [1.54, 1.807) is 73.3 Å². The number of carbonyl (C=O) groups is 3. The van der Waals surface area contributed by atoms with Crippen LogP contribution in [0.2, 0.25) is 0 Å². The summed E-state index contributed by atoms with van der Waals surface area (Å²) in [4.78, 5) is 42.5. The molecule has 2 aliphatic rings. The quantitative estimate of drug-likeness (QED) is 0.362. The Kier molecular flexibility index (Phi) is 10.5. The fraction of sp³-hybridized carbons (Fsp3) is 0.516. The Morgan fingerprint density at radius 2 is 1.79 bits per heavy atom. The normalized spacial score (nSPS) is 19.8. The molecule has 1 saturated carbocycles. The largest absolute Gasteiger partial charge is 0.497 e. The maximum atomic E-state index is 13.7. The molecule has 1 fully saturated rings. The lowest BCUT2D eigenvalue weighted by atomic mass is 9.96. The molecule has 4 rings (SSSR count). The molecule has 11 heteroatoms. The van der Waals surface area contributed by atoms with E-state index >= 15 is 0 Å². The summed E-state index contributed by atoms with van der Waals surface area (Å²) in [6.45, 7) is 4.11. The molecule has 0 spiro atoms. The van der Waals surface area contributed by atoms with E-state index in [1.165, 1.54) is 6.42 Å². The van der Waals surface area contributed by atoms with E-state index in [-0.39, 0.29) is 48.6 Å². The van der Waals surface area contributed by atoms with Gasteiger partial charge in [-0.05, 0) is 62.2 Å². The maximum absolute atomic E-state index is 13.7. The molecule has 2 aromatic rings. The second kappa shape index (κ2) is 14.3. The molecule has 0 bridgehead atoms. The van der Waals surface area contributed by atoms with Crippen molar-refractivity contribution in [1.29, 1.82) is 0 Å². The third-order valence-electron chi connectivity index (χ3n) is 8.00. The van der Waals surface area contributed by atoms with E-state index in [0.717, 1.165) is 25.7 Å². The van der Waals surface area contributed by atoms with Gasteiger partial charge in [0.25, 0.3) is 5.91 Å². The fourth-order valence-electron chi connectivity index (χ4n) is 5.36. The second-order valence-electron chi connectivity index (χ2n) is 11.3. The van der Waals surface area contributed by atoms with E-state index in [1.807, 2.05) is 6.92 Å². The molecule has 1 heterocycles. The van der Waals surface area contributed by atoms with Crippen molar-refractivity contribution >= 4 is 29.3 Å². The molecule has 11 nitrogen and oxygen atoms in total. The zero-order valence-electron chi connectivity index (χ0n) is 24.9. The van der Waals surface area contributed by atoms with Gasteiger partial charge < -0.3 is 40.3 Å². The third kappa shape index (κ3) is 7.84. The summed E-state index contributed by atoms with van der Waals surface area (Å²) in [5.41, 5.74) is 1.38.